The van der Waals surface area contributed by atoms with Gasteiger partial charge in [-0.1, -0.05) is 36.2 Å². The summed E-state index contributed by atoms with van der Waals surface area (Å²) in [6.45, 7) is 0.205. The van der Waals surface area contributed by atoms with Crippen LogP contribution in [0, 0.1) is 23.6 Å². The number of nitrogens with zero attached hydrogens (tertiary/aromatic N) is 3. The van der Waals surface area contributed by atoms with Crippen molar-refractivity contribution in [3.63, 3.8) is 0 Å². The zero-order chi connectivity index (χ0) is 28.7. The molecule has 1 amide bonds. The van der Waals surface area contributed by atoms with E-state index in [1.807, 2.05) is 48.3 Å². The minimum absolute atomic E-state index is 0.00660. The summed E-state index contributed by atoms with van der Waals surface area (Å²) in [5, 5.41) is 5.89. The van der Waals surface area contributed by atoms with Gasteiger partial charge in [0.1, 0.15) is 5.82 Å². The summed E-state index contributed by atoms with van der Waals surface area (Å²) in [7, 11) is 3.19. The average molecular weight is 572 g/mol. The molecule has 2 aliphatic rings. The van der Waals surface area contributed by atoms with Gasteiger partial charge in [0.15, 0.2) is 0 Å². The molecule has 2 saturated carbocycles. The monoisotopic (exact) mass is 571 g/mol. The van der Waals surface area contributed by atoms with Crippen molar-refractivity contribution in [3.05, 3.63) is 88.8 Å². The highest BCUT2D eigenvalue weighted by atomic mass is 35.5. The molecule has 8 heteroatoms. The number of fused-ring (bicyclic) bond motifs is 3. The van der Waals surface area contributed by atoms with Crippen LogP contribution < -0.4 is 4.90 Å². The number of carbonyl (C=O) groups excluding carboxylic acids is 2. The Balaban J connectivity index is 1.33. The first-order valence-electron chi connectivity index (χ1n) is 13.9. The SMILES string of the molecule is COC(=O)/C=C/c1cc(F)cc(N(Cc2ccc(-c3ccc4c(cnn4C)c3)cc2Cl)C(=O)[C@@H]2C[C@@H]3CC[C@H]2C3)c1. The van der Waals surface area contributed by atoms with E-state index in [1.54, 1.807) is 11.0 Å². The molecule has 0 saturated heterocycles. The number of hydrogen-bond acceptors (Lipinski definition) is 4. The molecule has 41 heavy (non-hydrogen) atoms. The number of aromatic nitrogens is 2. The van der Waals surface area contributed by atoms with E-state index in [0.29, 0.717) is 28.1 Å². The number of amides is 1. The third-order valence-corrected chi connectivity index (χ3v) is 8.96. The number of hydrogen-bond donors (Lipinski definition) is 0. The van der Waals surface area contributed by atoms with Crippen LogP contribution in [0.1, 0.15) is 36.8 Å². The first-order valence-corrected chi connectivity index (χ1v) is 14.3. The van der Waals surface area contributed by atoms with E-state index in [0.717, 1.165) is 46.9 Å². The third-order valence-electron chi connectivity index (χ3n) is 8.61. The highest BCUT2D eigenvalue weighted by Gasteiger charge is 2.44. The van der Waals surface area contributed by atoms with Crippen LogP contribution in [0.3, 0.4) is 0 Å². The Morgan fingerprint density at radius 3 is 2.63 bits per heavy atom. The normalized spacial score (nSPS) is 19.8. The lowest BCUT2D eigenvalue weighted by molar-refractivity contribution is -0.134. The Morgan fingerprint density at radius 1 is 1.10 bits per heavy atom. The van der Waals surface area contributed by atoms with Crippen LogP contribution in [-0.2, 0) is 27.9 Å². The van der Waals surface area contributed by atoms with Crippen molar-refractivity contribution in [3.8, 4) is 11.1 Å². The fourth-order valence-electron chi connectivity index (χ4n) is 6.49. The first-order chi connectivity index (χ1) is 19.8. The summed E-state index contributed by atoms with van der Waals surface area (Å²) in [4.78, 5) is 27.4. The minimum atomic E-state index is -0.541. The number of methoxy groups -OCH3 is 1. The molecule has 1 aromatic heterocycles. The van der Waals surface area contributed by atoms with Gasteiger partial charge in [-0.25, -0.2) is 9.18 Å². The van der Waals surface area contributed by atoms with Gasteiger partial charge >= 0.3 is 5.97 Å². The second-order valence-electron chi connectivity index (χ2n) is 11.2. The first kappa shape index (κ1) is 27.2. The Morgan fingerprint density at radius 2 is 1.90 bits per heavy atom. The van der Waals surface area contributed by atoms with E-state index >= 15 is 0 Å². The van der Waals surface area contributed by atoms with Crippen LogP contribution in [0.4, 0.5) is 10.1 Å². The van der Waals surface area contributed by atoms with Gasteiger partial charge in [0.05, 0.1) is 25.4 Å². The van der Waals surface area contributed by atoms with Gasteiger partial charge in [-0.05, 0) is 95.8 Å². The number of esters is 1. The standard InChI is InChI=1S/C33H31ClFN3O3/c1-37-31-9-8-22(15-26(31)18-36-37)23-6-7-25(30(34)16-23)19-38(33(40)29-14-20-3-5-24(29)11-20)28-13-21(12-27(35)17-28)4-10-32(39)41-2/h4,6-10,12-13,15-18,20,24,29H,3,5,11,14,19H2,1-2H3/b10-4+/t20-,24+,29-/m1/s1. The lowest BCUT2D eigenvalue weighted by atomic mass is 9.87. The molecule has 0 N–H and O–H groups in total. The quantitative estimate of drug-likeness (QED) is 0.174. The number of benzene rings is 3. The largest absolute Gasteiger partial charge is 0.466 e. The maximum atomic E-state index is 14.8. The second kappa shape index (κ2) is 11.1. The Hall–Kier alpha value is -3.97. The highest BCUT2D eigenvalue weighted by molar-refractivity contribution is 6.31. The third kappa shape index (κ3) is 5.51. The molecule has 3 aromatic carbocycles. The van der Waals surface area contributed by atoms with Crippen LogP contribution in [0.2, 0.25) is 5.02 Å². The number of aryl methyl sites for hydroxylation is 1. The van der Waals surface area contributed by atoms with Crippen molar-refractivity contribution in [1.82, 2.24) is 9.78 Å². The summed E-state index contributed by atoms with van der Waals surface area (Å²) in [5.41, 5.74) is 4.68. The molecule has 0 spiro atoms. The molecule has 0 aliphatic heterocycles. The summed E-state index contributed by atoms with van der Waals surface area (Å²) in [5.74, 6) is -0.183. The van der Waals surface area contributed by atoms with E-state index in [9.17, 15) is 14.0 Å². The van der Waals surface area contributed by atoms with E-state index in [2.05, 4.69) is 15.9 Å². The number of carbonyl (C=O) groups is 2. The van der Waals surface area contributed by atoms with Gasteiger partial charge in [-0.2, -0.15) is 5.10 Å². The van der Waals surface area contributed by atoms with Gasteiger partial charge in [0, 0.05) is 35.1 Å². The number of ether oxygens (including phenoxy) is 1. The molecule has 3 atom stereocenters. The predicted octanol–water partition coefficient (Wildman–Crippen LogP) is 7.19. The number of halogens is 2. The highest BCUT2D eigenvalue weighted by Crippen LogP contribution is 2.49. The maximum absolute atomic E-state index is 14.8. The summed E-state index contributed by atoms with van der Waals surface area (Å²) >= 11 is 6.83. The van der Waals surface area contributed by atoms with Crippen molar-refractivity contribution in [1.29, 1.82) is 0 Å². The van der Waals surface area contributed by atoms with Crippen molar-refractivity contribution in [2.45, 2.75) is 32.2 Å². The van der Waals surface area contributed by atoms with E-state index < -0.39 is 11.8 Å². The fraction of sp³-hybridized carbons (Fsp3) is 0.303. The van der Waals surface area contributed by atoms with E-state index in [-0.39, 0.29) is 18.4 Å². The Bertz CT molecular complexity index is 1680. The van der Waals surface area contributed by atoms with Crippen LogP contribution in [0.25, 0.3) is 28.1 Å². The Kier molecular flexibility index (Phi) is 7.39. The number of anilines is 1. The molecule has 1 heterocycles. The molecular formula is C33H31ClFN3O3. The molecule has 0 radical (unpaired) electrons. The minimum Gasteiger partial charge on any atom is -0.466 e. The lowest BCUT2D eigenvalue weighted by Crippen LogP contribution is -2.38. The maximum Gasteiger partial charge on any atom is 0.330 e. The average Bonchev–Trinajstić information content (AvgIpc) is 3.71. The van der Waals surface area contributed by atoms with Crippen LogP contribution in [0.5, 0.6) is 0 Å². The van der Waals surface area contributed by atoms with Crippen LogP contribution in [0.15, 0.2) is 66.9 Å². The zero-order valence-electron chi connectivity index (χ0n) is 23.0. The molecule has 2 fully saturated rings. The topological polar surface area (TPSA) is 64.4 Å². The van der Waals surface area contributed by atoms with Gasteiger partial charge in [0.2, 0.25) is 5.91 Å². The van der Waals surface area contributed by atoms with Crippen molar-refractivity contribution in [2.75, 3.05) is 12.0 Å². The van der Waals surface area contributed by atoms with E-state index in [4.69, 9.17) is 11.6 Å². The van der Waals surface area contributed by atoms with Crippen LogP contribution >= 0.6 is 11.6 Å². The van der Waals surface area contributed by atoms with E-state index in [1.165, 1.54) is 37.8 Å². The molecule has 6 rings (SSSR count). The van der Waals surface area contributed by atoms with Crippen LogP contribution in [-0.4, -0.2) is 28.8 Å². The van der Waals surface area contributed by atoms with Crippen molar-refractivity contribution < 1.29 is 18.7 Å². The number of rotatable bonds is 7. The zero-order valence-corrected chi connectivity index (χ0v) is 23.8. The Labute approximate surface area is 243 Å². The molecule has 6 nitrogen and oxygen atoms in total. The van der Waals surface area contributed by atoms with Crippen molar-refractivity contribution in [2.24, 2.45) is 24.8 Å². The molecule has 210 valence electrons. The van der Waals surface area contributed by atoms with Gasteiger partial charge in [-0.15, -0.1) is 0 Å². The van der Waals surface area contributed by atoms with Gasteiger partial charge < -0.3 is 9.64 Å². The molecule has 2 bridgehead atoms. The molecular weight excluding hydrogens is 541 g/mol. The predicted molar refractivity (Wildman–Crippen MR) is 159 cm³/mol. The summed E-state index contributed by atoms with van der Waals surface area (Å²) in [6, 6.07) is 16.4. The molecule has 2 aliphatic carbocycles. The lowest BCUT2D eigenvalue weighted by Gasteiger charge is -2.30. The molecule has 4 aromatic rings. The second-order valence-corrected chi connectivity index (χ2v) is 11.6. The van der Waals surface area contributed by atoms with Gasteiger partial charge in [0.25, 0.3) is 0 Å². The van der Waals surface area contributed by atoms with Crippen molar-refractivity contribution >= 4 is 46.1 Å². The molecule has 0 unspecified atom stereocenters. The summed E-state index contributed by atoms with van der Waals surface area (Å²) in [6.07, 6.45) is 8.74. The smallest absolute Gasteiger partial charge is 0.330 e. The van der Waals surface area contributed by atoms with Gasteiger partial charge in [-0.3, -0.25) is 9.48 Å². The summed E-state index contributed by atoms with van der Waals surface area (Å²) < 4.78 is 21.3. The fourth-order valence-corrected chi connectivity index (χ4v) is 6.73.